The molecule has 24 heavy (non-hydrogen) atoms. The number of hydrogen-bond donors (Lipinski definition) is 3. The molecule has 0 spiro atoms. The first-order valence-electron chi connectivity index (χ1n) is 7.52. The van der Waals surface area contributed by atoms with Crippen molar-refractivity contribution in [1.82, 2.24) is 15.3 Å². The third-order valence-electron chi connectivity index (χ3n) is 3.56. The lowest BCUT2D eigenvalue weighted by Gasteiger charge is -2.21. The Balaban J connectivity index is 2.22. The summed E-state index contributed by atoms with van der Waals surface area (Å²) in [5.74, 6) is 0.370. The number of benzene rings is 1. The average Bonchev–Trinajstić information content (AvgIpc) is 2.60. The topological polar surface area (TPSA) is 110 Å². The van der Waals surface area contributed by atoms with E-state index in [1.54, 1.807) is 19.2 Å². The van der Waals surface area contributed by atoms with Gasteiger partial charge in [0.25, 0.3) is 5.91 Å². The zero-order valence-corrected chi connectivity index (χ0v) is 14.0. The highest BCUT2D eigenvalue weighted by Crippen LogP contribution is 2.21. The SMILES string of the molecule is COc1ccc(-c2cnc(N)c(C(=O)NCC(C)(C)CO)n2)cc1. The molecule has 0 saturated carbocycles. The third-order valence-corrected chi connectivity index (χ3v) is 3.56. The number of aromatic nitrogens is 2. The largest absolute Gasteiger partial charge is 0.497 e. The summed E-state index contributed by atoms with van der Waals surface area (Å²) in [6.45, 7) is 3.95. The number of methoxy groups -OCH3 is 1. The maximum absolute atomic E-state index is 12.3. The minimum atomic E-state index is -0.425. The second-order valence-electron chi connectivity index (χ2n) is 6.22. The smallest absolute Gasteiger partial charge is 0.273 e. The highest BCUT2D eigenvalue weighted by atomic mass is 16.5. The van der Waals surface area contributed by atoms with Gasteiger partial charge in [-0.3, -0.25) is 4.79 Å². The Bertz CT molecular complexity index is 714. The van der Waals surface area contributed by atoms with Gasteiger partial charge in [0.05, 0.1) is 19.0 Å². The minimum absolute atomic E-state index is 0.0413. The second kappa shape index (κ2) is 7.27. The van der Waals surface area contributed by atoms with Crippen molar-refractivity contribution < 1.29 is 14.6 Å². The number of carbonyl (C=O) groups excluding carboxylic acids is 1. The number of nitrogens with zero attached hydrogens (tertiary/aromatic N) is 2. The van der Waals surface area contributed by atoms with Crippen LogP contribution in [0.15, 0.2) is 30.5 Å². The first-order valence-corrected chi connectivity index (χ1v) is 7.52. The van der Waals surface area contributed by atoms with Crippen LogP contribution in [0.3, 0.4) is 0 Å². The highest BCUT2D eigenvalue weighted by Gasteiger charge is 2.20. The molecule has 128 valence electrons. The molecule has 2 rings (SSSR count). The van der Waals surface area contributed by atoms with Gasteiger partial charge in [0.15, 0.2) is 11.5 Å². The number of carbonyl (C=O) groups is 1. The van der Waals surface area contributed by atoms with Gasteiger partial charge in [0.1, 0.15) is 5.75 Å². The van der Waals surface area contributed by atoms with Gasteiger partial charge in [-0.1, -0.05) is 13.8 Å². The van der Waals surface area contributed by atoms with E-state index in [0.717, 1.165) is 11.3 Å². The lowest BCUT2D eigenvalue weighted by molar-refractivity contribution is 0.0907. The van der Waals surface area contributed by atoms with Gasteiger partial charge >= 0.3 is 0 Å². The van der Waals surface area contributed by atoms with Gasteiger partial charge < -0.3 is 20.9 Å². The van der Waals surface area contributed by atoms with Crippen molar-refractivity contribution in [2.75, 3.05) is 26.0 Å². The van der Waals surface area contributed by atoms with E-state index in [1.807, 2.05) is 26.0 Å². The number of anilines is 1. The number of amides is 1. The molecule has 0 aliphatic carbocycles. The van der Waals surface area contributed by atoms with Crippen LogP contribution in [0.2, 0.25) is 0 Å². The molecular weight excluding hydrogens is 308 g/mol. The molecule has 1 aromatic carbocycles. The second-order valence-corrected chi connectivity index (χ2v) is 6.22. The number of nitrogen functional groups attached to an aromatic ring is 1. The lowest BCUT2D eigenvalue weighted by atomic mass is 9.95. The summed E-state index contributed by atoms with van der Waals surface area (Å²) in [6, 6.07) is 7.26. The fourth-order valence-electron chi connectivity index (χ4n) is 1.93. The van der Waals surface area contributed by atoms with Crippen LogP contribution in [-0.2, 0) is 0 Å². The molecule has 0 aliphatic heterocycles. The number of nitrogens with one attached hydrogen (secondary N) is 1. The van der Waals surface area contributed by atoms with Crippen LogP contribution in [0.4, 0.5) is 5.82 Å². The Morgan fingerprint density at radius 1 is 1.33 bits per heavy atom. The molecule has 1 heterocycles. The Hall–Kier alpha value is -2.67. The van der Waals surface area contributed by atoms with Crippen LogP contribution >= 0.6 is 0 Å². The zero-order chi connectivity index (χ0) is 17.7. The monoisotopic (exact) mass is 330 g/mol. The molecule has 4 N–H and O–H groups in total. The van der Waals surface area contributed by atoms with Crippen LogP contribution < -0.4 is 15.8 Å². The molecule has 0 atom stereocenters. The zero-order valence-electron chi connectivity index (χ0n) is 14.0. The van der Waals surface area contributed by atoms with E-state index in [1.165, 1.54) is 6.20 Å². The molecule has 0 bridgehead atoms. The molecule has 0 saturated heterocycles. The molecule has 0 fully saturated rings. The summed E-state index contributed by atoms with van der Waals surface area (Å²) >= 11 is 0. The van der Waals surface area contributed by atoms with Gasteiger partial charge in [-0.15, -0.1) is 0 Å². The summed E-state index contributed by atoms with van der Waals surface area (Å²) in [7, 11) is 1.59. The van der Waals surface area contributed by atoms with Gasteiger partial charge in [0, 0.05) is 24.1 Å². The Kier molecular flexibility index (Phi) is 5.35. The fourth-order valence-corrected chi connectivity index (χ4v) is 1.93. The maximum atomic E-state index is 12.3. The van der Waals surface area contributed by atoms with E-state index < -0.39 is 11.3 Å². The van der Waals surface area contributed by atoms with E-state index >= 15 is 0 Å². The summed E-state index contributed by atoms with van der Waals surface area (Å²) in [6.07, 6.45) is 1.52. The van der Waals surface area contributed by atoms with Crippen LogP contribution in [0.1, 0.15) is 24.3 Å². The summed E-state index contributed by atoms with van der Waals surface area (Å²) in [5.41, 5.74) is 6.76. The van der Waals surface area contributed by atoms with E-state index in [9.17, 15) is 9.90 Å². The van der Waals surface area contributed by atoms with Crippen molar-refractivity contribution in [3.8, 4) is 17.0 Å². The third kappa shape index (κ3) is 4.20. The van der Waals surface area contributed by atoms with Crippen LogP contribution in [0.25, 0.3) is 11.3 Å². The normalized spacial score (nSPS) is 11.2. The number of hydrogen-bond acceptors (Lipinski definition) is 6. The van der Waals surface area contributed by atoms with Gasteiger partial charge in [-0.05, 0) is 24.3 Å². The number of nitrogens with two attached hydrogens (primary N) is 1. The molecule has 0 aliphatic rings. The van der Waals surface area contributed by atoms with Crippen molar-refractivity contribution in [2.24, 2.45) is 5.41 Å². The molecule has 1 amide bonds. The van der Waals surface area contributed by atoms with Crippen LogP contribution in [0, 0.1) is 5.41 Å². The first-order chi connectivity index (χ1) is 11.4. The minimum Gasteiger partial charge on any atom is -0.497 e. The van der Waals surface area contributed by atoms with Crippen molar-refractivity contribution in [3.05, 3.63) is 36.2 Å². The molecule has 0 unspecified atom stereocenters. The van der Waals surface area contributed by atoms with Crippen molar-refractivity contribution in [2.45, 2.75) is 13.8 Å². The molecular formula is C17H22N4O3. The van der Waals surface area contributed by atoms with Gasteiger partial charge in [-0.2, -0.15) is 0 Å². The summed E-state index contributed by atoms with van der Waals surface area (Å²) < 4.78 is 5.12. The Morgan fingerprint density at radius 3 is 2.58 bits per heavy atom. The quantitative estimate of drug-likeness (QED) is 0.740. The predicted molar refractivity (Wildman–Crippen MR) is 91.6 cm³/mol. The lowest BCUT2D eigenvalue weighted by Crippen LogP contribution is -2.36. The number of aliphatic hydroxyl groups is 1. The molecule has 0 radical (unpaired) electrons. The molecule has 7 heteroatoms. The summed E-state index contributed by atoms with van der Waals surface area (Å²) in [4.78, 5) is 20.7. The Morgan fingerprint density at radius 2 is 2.00 bits per heavy atom. The number of aliphatic hydroxyl groups excluding tert-OH is 1. The molecule has 1 aromatic heterocycles. The maximum Gasteiger partial charge on any atom is 0.273 e. The van der Waals surface area contributed by atoms with Gasteiger partial charge in [0.2, 0.25) is 0 Å². The molecule has 7 nitrogen and oxygen atoms in total. The highest BCUT2D eigenvalue weighted by molar-refractivity contribution is 5.96. The molecule has 2 aromatic rings. The van der Waals surface area contributed by atoms with E-state index in [-0.39, 0.29) is 18.1 Å². The predicted octanol–water partition coefficient (Wildman–Crippen LogP) is 1.48. The van der Waals surface area contributed by atoms with Crippen molar-refractivity contribution >= 4 is 11.7 Å². The Labute approximate surface area is 140 Å². The van der Waals surface area contributed by atoms with E-state index in [0.29, 0.717) is 12.2 Å². The van der Waals surface area contributed by atoms with Crippen LogP contribution in [0.5, 0.6) is 5.75 Å². The number of ether oxygens (including phenoxy) is 1. The fraction of sp³-hybridized carbons (Fsp3) is 0.353. The first kappa shape index (κ1) is 17.7. The number of rotatable bonds is 6. The van der Waals surface area contributed by atoms with Crippen LogP contribution in [-0.4, -0.2) is 41.2 Å². The van der Waals surface area contributed by atoms with Gasteiger partial charge in [-0.25, -0.2) is 9.97 Å². The van der Waals surface area contributed by atoms with E-state index in [2.05, 4.69) is 15.3 Å². The summed E-state index contributed by atoms with van der Waals surface area (Å²) in [5, 5.41) is 12.0. The average molecular weight is 330 g/mol. The van der Waals surface area contributed by atoms with Crippen molar-refractivity contribution in [3.63, 3.8) is 0 Å². The van der Waals surface area contributed by atoms with Crippen molar-refractivity contribution in [1.29, 1.82) is 0 Å². The van der Waals surface area contributed by atoms with E-state index in [4.69, 9.17) is 10.5 Å². The standard InChI is InChI=1S/C17H22N4O3/c1-17(2,10-22)9-20-16(23)14-15(18)19-8-13(21-14)11-4-6-12(24-3)7-5-11/h4-8,22H,9-10H2,1-3H3,(H2,18,19)(H,20,23).